The Morgan fingerprint density at radius 1 is 1.14 bits per heavy atom. The van der Waals surface area contributed by atoms with Crippen molar-refractivity contribution in [2.24, 2.45) is 0 Å². The average Bonchev–Trinajstić information content (AvgIpc) is 3.41. The zero-order chi connectivity index (χ0) is 25.4. The Labute approximate surface area is 205 Å². The molecule has 0 aliphatic heterocycles. The standard InChI is InChI=1S/C26H23F2N5O3/c1-15-11-30-24(31-14-26(27,28)16-6-5-7-17(10-16)36-2)25(35)33(15)13-21(34)32-23-20-12-29-22(23)19-9-4-3-8-18(19)20/h3-12,29H,13-14H2,1-2H3,(H,30,31)(H,32,34). The van der Waals surface area contributed by atoms with Gasteiger partial charge in [-0.05, 0) is 24.6 Å². The lowest BCUT2D eigenvalue weighted by atomic mass is 10.1. The Hall–Kier alpha value is -4.47. The molecule has 0 spiro atoms. The van der Waals surface area contributed by atoms with Gasteiger partial charge >= 0.3 is 0 Å². The second kappa shape index (κ2) is 8.95. The third kappa shape index (κ3) is 4.10. The highest BCUT2D eigenvalue weighted by atomic mass is 19.3. The summed E-state index contributed by atoms with van der Waals surface area (Å²) in [6.45, 7) is 0.470. The number of pyridine rings is 1. The van der Waals surface area contributed by atoms with Crippen molar-refractivity contribution in [3.05, 3.63) is 82.5 Å². The highest BCUT2D eigenvalue weighted by Crippen LogP contribution is 2.48. The van der Waals surface area contributed by atoms with E-state index in [4.69, 9.17) is 4.74 Å². The Bertz CT molecular complexity index is 1490. The van der Waals surface area contributed by atoms with E-state index in [-0.39, 0.29) is 17.9 Å². The summed E-state index contributed by atoms with van der Waals surface area (Å²) in [5.41, 5.74) is 3.83. The van der Waals surface area contributed by atoms with Gasteiger partial charge in [0, 0.05) is 34.8 Å². The predicted molar refractivity (Wildman–Crippen MR) is 132 cm³/mol. The number of rotatable bonds is 8. The normalized spacial score (nSPS) is 11.8. The lowest BCUT2D eigenvalue weighted by Gasteiger charge is -2.19. The summed E-state index contributed by atoms with van der Waals surface area (Å²) in [6, 6.07) is 13.3. The number of H-pyrrole nitrogens is 1. The first-order chi connectivity index (χ1) is 17.3. The van der Waals surface area contributed by atoms with Crippen LogP contribution in [0.1, 0.15) is 11.3 Å². The molecule has 2 bridgehead atoms. The van der Waals surface area contributed by atoms with Crippen molar-refractivity contribution in [2.45, 2.75) is 19.4 Å². The summed E-state index contributed by atoms with van der Waals surface area (Å²) in [4.78, 5) is 33.0. The number of aromatic amines is 1. The van der Waals surface area contributed by atoms with Crippen LogP contribution >= 0.6 is 0 Å². The van der Waals surface area contributed by atoms with Crippen LogP contribution in [-0.4, -0.2) is 34.1 Å². The summed E-state index contributed by atoms with van der Waals surface area (Å²) in [5, 5.41) is 5.32. The van der Waals surface area contributed by atoms with E-state index in [1.54, 1.807) is 13.0 Å². The maximum Gasteiger partial charge on any atom is 0.293 e. The van der Waals surface area contributed by atoms with Crippen molar-refractivity contribution >= 4 is 17.4 Å². The minimum atomic E-state index is -3.29. The number of nitrogens with zero attached hydrogens (tertiary/aromatic N) is 2. The molecular formula is C26H23F2N5O3. The molecule has 1 aliphatic rings. The number of anilines is 2. The number of nitrogens with one attached hydrogen (secondary N) is 3. The van der Waals surface area contributed by atoms with Gasteiger partial charge < -0.3 is 20.4 Å². The van der Waals surface area contributed by atoms with Gasteiger partial charge in [0.25, 0.3) is 11.5 Å². The SMILES string of the molecule is COc1cccc(C(F)(F)CNc2ncc(C)n(CC(=O)Nc3c4c[nH]c3-c3ccccc3-4)c2=O)c1. The van der Waals surface area contributed by atoms with Crippen molar-refractivity contribution in [1.29, 1.82) is 0 Å². The van der Waals surface area contributed by atoms with E-state index < -0.39 is 23.9 Å². The molecule has 1 amide bonds. The summed E-state index contributed by atoms with van der Waals surface area (Å²) in [5.74, 6) is -3.68. The van der Waals surface area contributed by atoms with Gasteiger partial charge in [0.15, 0.2) is 5.82 Å². The minimum absolute atomic E-state index is 0.259. The number of benzene rings is 2. The number of aryl methyl sites for hydroxylation is 1. The number of ether oxygens (including phenoxy) is 1. The van der Waals surface area contributed by atoms with Gasteiger partial charge in [-0.25, -0.2) is 4.98 Å². The molecule has 10 heteroatoms. The average molecular weight is 491 g/mol. The van der Waals surface area contributed by atoms with Crippen LogP contribution in [0.15, 0.2) is 65.7 Å². The number of hydrogen-bond acceptors (Lipinski definition) is 5. The Balaban J connectivity index is 1.31. The third-order valence-electron chi connectivity index (χ3n) is 6.16. The molecule has 4 aromatic rings. The molecule has 8 nitrogen and oxygen atoms in total. The molecule has 0 fully saturated rings. The van der Waals surface area contributed by atoms with Crippen molar-refractivity contribution in [3.63, 3.8) is 0 Å². The summed E-state index contributed by atoms with van der Waals surface area (Å²) >= 11 is 0. The molecule has 1 aliphatic carbocycles. The molecule has 0 atom stereocenters. The molecule has 0 saturated carbocycles. The van der Waals surface area contributed by atoms with Crippen molar-refractivity contribution < 1.29 is 18.3 Å². The number of alkyl halides is 2. The van der Waals surface area contributed by atoms with Crippen LogP contribution in [0.4, 0.5) is 20.3 Å². The first-order valence-electron chi connectivity index (χ1n) is 11.2. The van der Waals surface area contributed by atoms with Crippen LogP contribution < -0.4 is 20.9 Å². The van der Waals surface area contributed by atoms with Gasteiger partial charge in [-0.15, -0.1) is 0 Å². The van der Waals surface area contributed by atoms with Gasteiger partial charge in [0.1, 0.15) is 12.3 Å². The zero-order valence-electron chi connectivity index (χ0n) is 19.6. The quantitative estimate of drug-likeness (QED) is 0.299. The fourth-order valence-electron chi connectivity index (χ4n) is 4.27. The van der Waals surface area contributed by atoms with Crippen LogP contribution in [-0.2, 0) is 17.3 Å². The van der Waals surface area contributed by atoms with E-state index in [0.717, 1.165) is 22.4 Å². The zero-order valence-corrected chi connectivity index (χ0v) is 19.6. The van der Waals surface area contributed by atoms with Crippen LogP contribution in [0.25, 0.3) is 22.4 Å². The smallest absolute Gasteiger partial charge is 0.293 e. The molecule has 5 rings (SSSR count). The molecule has 3 N–H and O–H groups in total. The van der Waals surface area contributed by atoms with Crippen molar-refractivity contribution in [2.75, 3.05) is 24.3 Å². The van der Waals surface area contributed by atoms with E-state index in [1.165, 1.54) is 36.1 Å². The third-order valence-corrected chi connectivity index (χ3v) is 6.16. The lowest BCUT2D eigenvalue weighted by Crippen LogP contribution is -2.34. The molecular weight excluding hydrogens is 468 g/mol. The number of fused-ring (bicyclic) bond motifs is 5. The molecule has 0 radical (unpaired) electrons. The van der Waals surface area contributed by atoms with Gasteiger partial charge in [-0.3, -0.25) is 14.2 Å². The maximum atomic E-state index is 14.8. The molecule has 0 saturated heterocycles. The maximum absolute atomic E-state index is 14.8. The molecule has 2 aromatic heterocycles. The molecule has 2 heterocycles. The first-order valence-corrected chi connectivity index (χ1v) is 11.2. The number of aromatic nitrogens is 3. The number of hydrogen-bond donors (Lipinski definition) is 3. The van der Waals surface area contributed by atoms with E-state index in [1.807, 2.05) is 30.5 Å². The fourth-order valence-corrected chi connectivity index (χ4v) is 4.27. The number of amides is 1. The van der Waals surface area contributed by atoms with Crippen molar-refractivity contribution in [1.82, 2.24) is 14.5 Å². The Morgan fingerprint density at radius 3 is 2.67 bits per heavy atom. The number of carbonyl (C=O) groups is 1. The number of carbonyl (C=O) groups excluding carboxylic acids is 1. The monoisotopic (exact) mass is 491 g/mol. The summed E-state index contributed by atoms with van der Waals surface area (Å²) in [6.07, 6.45) is 3.18. The Kier molecular flexibility index (Phi) is 5.79. The van der Waals surface area contributed by atoms with Crippen molar-refractivity contribution in [3.8, 4) is 28.1 Å². The largest absolute Gasteiger partial charge is 0.497 e. The fraction of sp³-hybridized carbons (Fsp3) is 0.192. The van der Waals surface area contributed by atoms with Gasteiger partial charge in [0.05, 0.1) is 25.0 Å². The molecule has 184 valence electrons. The topological polar surface area (TPSA) is 101 Å². The Morgan fingerprint density at radius 2 is 1.92 bits per heavy atom. The second-order valence-electron chi connectivity index (χ2n) is 8.48. The predicted octanol–water partition coefficient (Wildman–Crippen LogP) is 4.38. The number of methoxy groups -OCH3 is 1. The van der Waals surface area contributed by atoms with Crippen LogP contribution in [0, 0.1) is 6.92 Å². The van der Waals surface area contributed by atoms with E-state index in [9.17, 15) is 18.4 Å². The van der Waals surface area contributed by atoms with Crippen LogP contribution in [0.2, 0.25) is 0 Å². The highest BCUT2D eigenvalue weighted by molar-refractivity contribution is 6.08. The number of halogens is 2. The van der Waals surface area contributed by atoms with Crippen LogP contribution in [0.5, 0.6) is 5.75 Å². The second-order valence-corrected chi connectivity index (χ2v) is 8.48. The lowest BCUT2D eigenvalue weighted by molar-refractivity contribution is -0.116. The van der Waals surface area contributed by atoms with Gasteiger partial charge in [0.2, 0.25) is 5.91 Å². The van der Waals surface area contributed by atoms with Crippen LogP contribution in [0.3, 0.4) is 0 Å². The van der Waals surface area contributed by atoms with E-state index in [2.05, 4.69) is 20.6 Å². The van der Waals surface area contributed by atoms with Gasteiger partial charge in [-0.1, -0.05) is 36.4 Å². The van der Waals surface area contributed by atoms with E-state index in [0.29, 0.717) is 17.1 Å². The molecule has 2 aromatic carbocycles. The minimum Gasteiger partial charge on any atom is -0.497 e. The summed E-state index contributed by atoms with van der Waals surface area (Å²) in [7, 11) is 1.39. The molecule has 0 unspecified atom stereocenters. The molecule has 36 heavy (non-hydrogen) atoms. The highest BCUT2D eigenvalue weighted by Gasteiger charge is 2.32. The first kappa shape index (κ1) is 23.3. The van der Waals surface area contributed by atoms with E-state index >= 15 is 0 Å². The summed E-state index contributed by atoms with van der Waals surface area (Å²) < 4.78 is 35.7. The van der Waals surface area contributed by atoms with Gasteiger partial charge in [-0.2, -0.15) is 8.78 Å².